The molecule has 0 radical (unpaired) electrons. The molecule has 0 spiro atoms. The Bertz CT molecular complexity index is 500. The molecule has 7 heteroatoms. The summed E-state index contributed by atoms with van der Waals surface area (Å²) < 4.78 is 43.2. The predicted molar refractivity (Wildman–Crippen MR) is 75.4 cm³/mol. The highest BCUT2D eigenvalue weighted by atomic mass is 19.4. The van der Waals surface area contributed by atoms with Gasteiger partial charge in [-0.25, -0.2) is 0 Å². The van der Waals surface area contributed by atoms with Gasteiger partial charge in [0, 0.05) is 19.6 Å². The van der Waals surface area contributed by atoms with Crippen LogP contribution in [0.5, 0.6) is 0 Å². The highest BCUT2D eigenvalue weighted by Gasteiger charge is 2.30. The molecule has 1 atom stereocenters. The van der Waals surface area contributed by atoms with Crippen molar-refractivity contribution >= 4 is 5.91 Å². The Morgan fingerprint density at radius 1 is 1.41 bits per heavy atom. The van der Waals surface area contributed by atoms with Crippen molar-refractivity contribution in [1.29, 1.82) is 0 Å². The molecule has 1 aliphatic heterocycles. The van der Waals surface area contributed by atoms with Gasteiger partial charge in [-0.3, -0.25) is 4.79 Å². The minimum absolute atomic E-state index is 0.137. The molecule has 0 aliphatic carbocycles. The Hall–Kier alpha value is -1.60. The van der Waals surface area contributed by atoms with Crippen LogP contribution in [-0.4, -0.2) is 38.3 Å². The second-order valence-electron chi connectivity index (χ2n) is 5.20. The largest absolute Gasteiger partial charge is 0.416 e. The first-order chi connectivity index (χ1) is 10.4. The van der Waals surface area contributed by atoms with Crippen molar-refractivity contribution < 1.29 is 22.7 Å². The molecule has 2 N–H and O–H groups in total. The van der Waals surface area contributed by atoms with E-state index in [2.05, 4.69) is 10.6 Å². The van der Waals surface area contributed by atoms with E-state index in [1.165, 1.54) is 6.07 Å². The molecule has 4 nitrogen and oxygen atoms in total. The first-order valence-electron chi connectivity index (χ1n) is 7.20. The van der Waals surface area contributed by atoms with Crippen molar-refractivity contribution in [3.05, 3.63) is 35.4 Å². The van der Waals surface area contributed by atoms with Crippen molar-refractivity contribution in [3.8, 4) is 0 Å². The number of amides is 1. The summed E-state index contributed by atoms with van der Waals surface area (Å²) in [6, 6.07) is 5.15. The summed E-state index contributed by atoms with van der Waals surface area (Å²) >= 11 is 0. The maximum Gasteiger partial charge on any atom is 0.416 e. The lowest BCUT2D eigenvalue weighted by Crippen LogP contribution is -2.41. The highest BCUT2D eigenvalue weighted by molar-refractivity contribution is 5.76. The summed E-state index contributed by atoms with van der Waals surface area (Å²) in [7, 11) is 0. The van der Waals surface area contributed by atoms with E-state index in [4.69, 9.17) is 4.74 Å². The van der Waals surface area contributed by atoms with Gasteiger partial charge in [-0.05, 0) is 18.1 Å². The van der Waals surface area contributed by atoms with Crippen molar-refractivity contribution in [2.24, 2.45) is 0 Å². The van der Waals surface area contributed by atoms with E-state index < -0.39 is 11.7 Å². The normalized spacial score (nSPS) is 19.0. The fourth-order valence-corrected chi connectivity index (χ4v) is 2.28. The molecule has 1 saturated heterocycles. The number of alkyl halides is 3. The van der Waals surface area contributed by atoms with Gasteiger partial charge < -0.3 is 15.4 Å². The number of rotatable bonds is 5. The summed E-state index contributed by atoms with van der Waals surface area (Å²) in [4.78, 5) is 11.7. The van der Waals surface area contributed by atoms with E-state index >= 15 is 0 Å². The van der Waals surface area contributed by atoms with Gasteiger partial charge in [0.05, 0.1) is 24.7 Å². The topological polar surface area (TPSA) is 50.4 Å². The van der Waals surface area contributed by atoms with Crippen LogP contribution in [0, 0.1) is 0 Å². The van der Waals surface area contributed by atoms with Gasteiger partial charge in [0.2, 0.25) is 5.91 Å². The van der Waals surface area contributed by atoms with E-state index in [0.29, 0.717) is 31.7 Å². The summed E-state index contributed by atoms with van der Waals surface area (Å²) in [5.41, 5.74) is -0.122. The third-order valence-corrected chi connectivity index (χ3v) is 3.41. The van der Waals surface area contributed by atoms with Gasteiger partial charge >= 0.3 is 6.18 Å². The molecule has 0 unspecified atom stereocenters. The Morgan fingerprint density at radius 3 is 2.91 bits per heavy atom. The van der Waals surface area contributed by atoms with Crippen LogP contribution in [-0.2, 0) is 22.1 Å². The van der Waals surface area contributed by atoms with Gasteiger partial charge in [-0.1, -0.05) is 18.2 Å². The Balaban J connectivity index is 1.75. The molecule has 0 bridgehead atoms. The molecule has 22 heavy (non-hydrogen) atoms. The second kappa shape index (κ2) is 7.60. The number of nitrogens with one attached hydrogen (secondary N) is 2. The monoisotopic (exact) mass is 316 g/mol. The second-order valence-corrected chi connectivity index (χ2v) is 5.20. The van der Waals surface area contributed by atoms with Gasteiger partial charge in [-0.2, -0.15) is 13.2 Å². The standard InChI is InChI=1S/C15H19F3N2O2/c16-15(17,18)12-3-1-2-11(8-12)4-5-20-14(21)9-13-10-19-6-7-22-13/h1-3,8,13,19H,4-7,9-10H2,(H,20,21)/t13-/m1/s1. The number of hydrogen-bond acceptors (Lipinski definition) is 3. The first-order valence-corrected chi connectivity index (χ1v) is 7.20. The zero-order valence-electron chi connectivity index (χ0n) is 12.1. The lowest BCUT2D eigenvalue weighted by molar-refractivity contribution is -0.137. The van der Waals surface area contributed by atoms with Crippen molar-refractivity contribution in [2.45, 2.75) is 25.1 Å². The van der Waals surface area contributed by atoms with Crippen LogP contribution in [0.25, 0.3) is 0 Å². The fourth-order valence-electron chi connectivity index (χ4n) is 2.28. The van der Waals surface area contributed by atoms with Gasteiger partial charge in [0.1, 0.15) is 0 Å². The van der Waals surface area contributed by atoms with Crippen molar-refractivity contribution in [3.63, 3.8) is 0 Å². The Morgan fingerprint density at radius 2 is 2.23 bits per heavy atom. The third kappa shape index (κ3) is 5.31. The lowest BCUT2D eigenvalue weighted by atomic mass is 10.1. The molecular formula is C15H19F3N2O2. The SMILES string of the molecule is O=C(C[C@@H]1CNCCO1)NCCc1cccc(C(F)(F)F)c1. The molecule has 1 aromatic rings. The number of morpholine rings is 1. The number of hydrogen-bond donors (Lipinski definition) is 2. The van der Waals surface area contributed by atoms with E-state index in [1.54, 1.807) is 6.07 Å². The number of ether oxygens (including phenoxy) is 1. The van der Waals surface area contributed by atoms with E-state index in [1.807, 2.05) is 0 Å². The summed E-state index contributed by atoms with van der Waals surface area (Å²) in [6.07, 6.45) is -3.86. The number of halogens is 3. The van der Waals surface area contributed by atoms with Gasteiger partial charge in [0.25, 0.3) is 0 Å². The number of carbonyl (C=O) groups is 1. The molecule has 0 saturated carbocycles. The molecule has 0 aromatic heterocycles. The van der Waals surface area contributed by atoms with Gasteiger partial charge in [0.15, 0.2) is 0 Å². The van der Waals surface area contributed by atoms with Crippen LogP contribution in [0.4, 0.5) is 13.2 Å². The maximum atomic E-state index is 12.6. The summed E-state index contributed by atoms with van der Waals surface area (Å²) in [6.45, 7) is 2.32. The maximum absolute atomic E-state index is 12.6. The van der Waals surface area contributed by atoms with Crippen LogP contribution in [0.1, 0.15) is 17.5 Å². The lowest BCUT2D eigenvalue weighted by Gasteiger charge is -2.23. The van der Waals surface area contributed by atoms with Crippen LogP contribution in [0.15, 0.2) is 24.3 Å². The quantitative estimate of drug-likeness (QED) is 0.870. The van der Waals surface area contributed by atoms with E-state index in [9.17, 15) is 18.0 Å². The fraction of sp³-hybridized carbons (Fsp3) is 0.533. The van der Waals surface area contributed by atoms with Gasteiger partial charge in [-0.15, -0.1) is 0 Å². The Labute approximate surface area is 127 Å². The number of carbonyl (C=O) groups excluding carboxylic acids is 1. The van der Waals surface area contributed by atoms with Crippen LogP contribution < -0.4 is 10.6 Å². The molecule has 1 aromatic carbocycles. The predicted octanol–water partition coefficient (Wildman–Crippen LogP) is 1.74. The zero-order chi connectivity index (χ0) is 16.0. The molecule has 1 fully saturated rings. The highest BCUT2D eigenvalue weighted by Crippen LogP contribution is 2.29. The van der Waals surface area contributed by atoms with E-state index in [-0.39, 0.29) is 18.4 Å². The number of benzene rings is 1. The van der Waals surface area contributed by atoms with Crippen molar-refractivity contribution in [1.82, 2.24) is 10.6 Å². The molecule has 2 rings (SSSR count). The molecule has 1 amide bonds. The van der Waals surface area contributed by atoms with Crippen LogP contribution >= 0.6 is 0 Å². The first kappa shape index (κ1) is 16.8. The van der Waals surface area contributed by atoms with Crippen molar-refractivity contribution in [2.75, 3.05) is 26.2 Å². The van der Waals surface area contributed by atoms with Crippen LogP contribution in [0.3, 0.4) is 0 Å². The Kier molecular flexibility index (Phi) is 5.79. The molecule has 122 valence electrons. The minimum atomic E-state index is -4.34. The van der Waals surface area contributed by atoms with E-state index in [0.717, 1.165) is 18.7 Å². The average Bonchev–Trinajstić information content (AvgIpc) is 2.48. The molecule has 1 heterocycles. The minimum Gasteiger partial charge on any atom is -0.375 e. The summed E-state index contributed by atoms with van der Waals surface area (Å²) in [5.74, 6) is -0.152. The summed E-state index contributed by atoms with van der Waals surface area (Å²) in [5, 5.41) is 5.84. The average molecular weight is 316 g/mol. The molecular weight excluding hydrogens is 297 g/mol. The zero-order valence-corrected chi connectivity index (χ0v) is 12.1. The molecule has 1 aliphatic rings. The smallest absolute Gasteiger partial charge is 0.375 e. The third-order valence-electron chi connectivity index (χ3n) is 3.41. The van der Waals surface area contributed by atoms with Crippen LogP contribution in [0.2, 0.25) is 0 Å².